The number of halogens is 1. The summed E-state index contributed by atoms with van der Waals surface area (Å²) < 4.78 is 1.66. The van der Waals surface area contributed by atoms with E-state index in [2.05, 4.69) is 36.0 Å². The van der Waals surface area contributed by atoms with Gasteiger partial charge in [0.2, 0.25) is 11.9 Å². The zero-order valence-corrected chi connectivity index (χ0v) is 17.2. The highest BCUT2D eigenvalue weighted by atomic mass is 35.5. The summed E-state index contributed by atoms with van der Waals surface area (Å²) in [5.41, 5.74) is 1.75. The number of amides is 1. The van der Waals surface area contributed by atoms with Gasteiger partial charge in [0.15, 0.2) is 0 Å². The highest BCUT2D eigenvalue weighted by Gasteiger charge is 2.25. The summed E-state index contributed by atoms with van der Waals surface area (Å²) >= 11 is 6.26. The Morgan fingerprint density at radius 2 is 1.97 bits per heavy atom. The predicted octanol–water partition coefficient (Wildman–Crippen LogP) is 1.89. The molecule has 0 spiro atoms. The summed E-state index contributed by atoms with van der Waals surface area (Å²) in [5, 5.41) is 13.7. The zero-order valence-electron chi connectivity index (χ0n) is 16.5. The Hall–Kier alpha value is -3.04. The number of hydrogen-bond acceptors (Lipinski definition) is 7. The van der Waals surface area contributed by atoms with Gasteiger partial charge < -0.3 is 16.0 Å². The molecule has 3 aromatic heterocycles. The third-order valence-corrected chi connectivity index (χ3v) is 4.45. The van der Waals surface area contributed by atoms with Crippen molar-refractivity contribution in [2.24, 2.45) is 0 Å². The minimum Gasteiger partial charge on any atom is -0.351 e. The van der Waals surface area contributed by atoms with Gasteiger partial charge in [-0.2, -0.15) is 5.10 Å². The van der Waals surface area contributed by atoms with Crippen molar-refractivity contribution in [2.75, 3.05) is 18.9 Å². The first-order valence-corrected chi connectivity index (χ1v) is 9.43. The number of carbonyl (C=O) groups excluding carboxylic acids is 1. The van der Waals surface area contributed by atoms with Crippen molar-refractivity contribution in [1.29, 1.82) is 0 Å². The van der Waals surface area contributed by atoms with E-state index in [1.165, 1.54) is 0 Å². The van der Waals surface area contributed by atoms with Gasteiger partial charge in [0.1, 0.15) is 5.69 Å². The number of carbonyl (C=O) groups is 1. The molecule has 0 aliphatic heterocycles. The first kappa shape index (κ1) is 20.7. The Labute approximate surface area is 173 Å². The molecule has 0 fully saturated rings. The fourth-order valence-corrected chi connectivity index (χ4v) is 3.06. The van der Waals surface area contributed by atoms with Crippen LogP contribution in [0.1, 0.15) is 25.1 Å². The fraction of sp³-hybridized carbons (Fsp3) is 0.316. The molecule has 3 aromatic rings. The second kappa shape index (κ2) is 8.97. The molecule has 0 bridgehead atoms. The molecule has 0 aliphatic rings. The Morgan fingerprint density at radius 1 is 1.21 bits per heavy atom. The second-order valence-corrected chi connectivity index (χ2v) is 7.36. The average Bonchev–Trinajstić information content (AvgIpc) is 3.16. The van der Waals surface area contributed by atoms with Crippen molar-refractivity contribution in [1.82, 2.24) is 35.4 Å². The predicted molar refractivity (Wildman–Crippen MR) is 111 cm³/mol. The summed E-state index contributed by atoms with van der Waals surface area (Å²) in [6.45, 7) is 4.60. The van der Waals surface area contributed by atoms with Crippen LogP contribution in [0.5, 0.6) is 0 Å². The number of nitrogens with zero attached hydrogens (tertiary/aromatic N) is 5. The van der Waals surface area contributed by atoms with Crippen molar-refractivity contribution in [3.8, 4) is 5.69 Å². The van der Waals surface area contributed by atoms with Crippen molar-refractivity contribution in [3.05, 3.63) is 59.4 Å². The molecule has 0 atom stereocenters. The molecule has 152 valence electrons. The van der Waals surface area contributed by atoms with E-state index in [9.17, 15) is 4.79 Å². The van der Waals surface area contributed by atoms with Crippen molar-refractivity contribution in [3.63, 3.8) is 0 Å². The summed E-state index contributed by atoms with van der Waals surface area (Å²) in [6, 6.07) is 3.59. The van der Waals surface area contributed by atoms with Crippen LogP contribution < -0.4 is 16.0 Å². The van der Waals surface area contributed by atoms with Crippen molar-refractivity contribution >= 4 is 23.5 Å². The number of aromatic nitrogens is 5. The van der Waals surface area contributed by atoms with Crippen LogP contribution in [0.4, 0.5) is 5.95 Å². The van der Waals surface area contributed by atoms with Crippen LogP contribution in [0.25, 0.3) is 5.69 Å². The van der Waals surface area contributed by atoms with E-state index in [0.29, 0.717) is 28.9 Å². The minimum atomic E-state index is -0.551. The Balaban J connectivity index is 1.66. The molecule has 1 amide bonds. The lowest BCUT2D eigenvalue weighted by molar-refractivity contribution is -0.120. The van der Waals surface area contributed by atoms with Gasteiger partial charge in [-0.1, -0.05) is 11.6 Å². The smallest absolute Gasteiger partial charge is 0.234 e. The largest absolute Gasteiger partial charge is 0.351 e. The summed E-state index contributed by atoms with van der Waals surface area (Å²) in [7, 11) is 1.72. The normalized spacial score (nSPS) is 11.3. The number of anilines is 1. The average molecular weight is 415 g/mol. The van der Waals surface area contributed by atoms with Crippen LogP contribution in [0.3, 0.4) is 0 Å². The molecular weight excluding hydrogens is 392 g/mol. The van der Waals surface area contributed by atoms with Gasteiger partial charge >= 0.3 is 0 Å². The lowest BCUT2D eigenvalue weighted by Crippen LogP contribution is -2.31. The van der Waals surface area contributed by atoms with Gasteiger partial charge in [-0.05, 0) is 33.0 Å². The van der Waals surface area contributed by atoms with Gasteiger partial charge in [-0.3, -0.25) is 9.78 Å². The van der Waals surface area contributed by atoms with E-state index in [0.717, 1.165) is 5.56 Å². The van der Waals surface area contributed by atoms with Gasteiger partial charge in [0.25, 0.3) is 0 Å². The van der Waals surface area contributed by atoms with Crippen LogP contribution >= 0.6 is 11.6 Å². The number of pyridine rings is 1. The van der Waals surface area contributed by atoms with Crippen LogP contribution in [0.15, 0.2) is 43.1 Å². The molecule has 3 heterocycles. The topological polar surface area (TPSA) is 110 Å². The molecule has 29 heavy (non-hydrogen) atoms. The lowest BCUT2D eigenvalue weighted by atomic mass is 10.00. The Bertz CT molecular complexity index is 970. The van der Waals surface area contributed by atoms with Gasteiger partial charge in [0, 0.05) is 24.5 Å². The maximum atomic E-state index is 11.5. The number of likely N-dealkylation sites (N-methyl/N-ethyl adjacent to an activating group) is 1. The number of rotatable bonds is 8. The SMILES string of the molecule is CNCC(=O)NCc1cnn(-c2cnc(NC(C)(C)c3ncccc3Cl)nc2)c1. The Morgan fingerprint density at radius 3 is 2.66 bits per heavy atom. The molecule has 0 saturated carbocycles. The lowest BCUT2D eigenvalue weighted by Gasteiger charge is -2.26. The van der Waals surface area contributed by atoms with Crippen LogP contribution in [0.2, 0.25) is 5.02 Å². The van der Waals surface area contributed by atoms with E-state index in [-0.39, 0.29) is 12.5 Å². The quantitative estimate of drug-likeness (QED) is 0.516. The standard InChI is InChI=1S/C19H23ClN8O/c1-19(2,17-15(20)5-4-6-22-17)27-18-24-9-14(10-25-18)28-12-13(8-26-28)7-23-16(29)11-21-3/h4-6,8-10,12,21H,7,11H2,1-3H3,(H,23,29)(H,24,25,27). The molecule has 0 unspecified atom stereocenters. The number of hydrogen-bond donors (Lipinski definition) is 3. The minimum absolute atomic E-state index is 0.0744. The van der Waals surface area contributed by atoms with Gasteiger partial charge in [0.05, 0.1) is 41.4 Å². The molecule has 3 N–H and O–H groups in total. The van der Waals surface area contributed by atoms with E-state index in [4.69, 9.17) is 11.6 Å². The zero-order chi connectivity index (χ0) is 20.9. The summed E-state index contributed by atoms with van der Waals surface area (Å²) in [5.74, 6) is 0.377. The Kier molecular flexibility index (Phi) is 6.40. The molecule has 10 heteroatoms. The van der Waals surface area contributed by atoms with E-state index < -0.39 is 5.54 Å². The van der Waals surface area contributed by atoms with Gasteiger partial charge in [-0.15, -0.1) is 0 Å². The first-order valence-electron chi connectivity index (χ1n) is 9.05. The van der Waals surface area contributed by atoms with Crippen LogP contribution in [-0.4, -0.2) is 44.2 Å². The maximum absolute atomic E-state index is 11.5. The highest BCUT2D eigenvalue weighted by molar-refractivity contribution is 6.31. The molecule has 3 rings (SSSR count). The third kappa shape index (κ3) is 5.27. The third-order valence-electron chi connectivity index (χ3n) is 4.14. The molecule has 0 aliphatic carbocycles. The maximum Gasteiger partial charge on any atom is 0.234 e. The molecule has 9 nitrogen and oxygen atoms in total. The molecule has 0 saturated heterocycles. The summed E-state index contributed by atoms with van der Waals surface area (Å²) in [4.78, 5) is 24.6. The van der Waals surface area contributed by atoms with Crippen molar-refractivity contribution in [2.45, 2.75) is 25.9 Å². The van der Waals surface area contributed by atoms with Crippen LogP contribution in [0, 0.1) is 0 Å². The van der Waals surface area contributed by atoms with Crippen LogP contribution in [-0.2, 0) is 16.9 Å². The first-order chi connectivity index (χ1) is 13.9. The fourth-order valence-electron chi connectivity index (χ4n) is 2.70. The molecular formula is C19H23ClN8O. The molecule has 0 radical (unpaired) electrons. The number of nitrogens with one attached hydrogen (secondary N) is 3. The molecule has 0 aromatic carbocycles. The van der Waals surface area contributed by atoms with E-state index in [1.54, 1.807) is 48.6 Å². The van der Waals surface area contributed by atoms with Crippen molar-refractivity contribution < 1.29 is 4.79 Å². The highest BCUT2D eigenvalue weighted by Crippen LogP contribution is 2.28. The van der Waals surface area contributed by atoms with E-state index >= 15 is 0 Å². The van der Waals surface area contributed by atoms with Gasteiger partial charge in [-0.25, -0.2) is 14.6 Å². The second-order valence-electron chi connectivity index (χ2n) is 6.95. The van der Waals surface area contributed by atoms with E-state index in [1.807, 2.05) is 20.0 Å². The summed E-state index contributed by atoms with van der Waals surface area (Å²) in [6.07, 6.45) is 8.55. The monoisotopic (exact) mass is 414 g/mol.